The molecule has 2 aliphatic heterocycles. The van der Waals surface area contributed by atoms with E-state index in [9.17, 15) is 13.2 Å². The molecule has 5 rings (SSSR count). The van der Waals surface area contributed by atoms with E-state index in [1.165, 1.54) is 6.26 Å². The average molecular weight is 688 g/mol. The van der Waals surface area contributed by atoms with Gasteiger partial charge in [0.2, 0.25) is 5.88 Å². The van der Waals surface area contributed by atoms with Gasteiger partial charge in [-0.05, 0) is 42.3 Å². The molecule has 0 saturated carbocycles. The number of piperazine rings is 1. The molecule has 1 aromatic heterocycles. The average Bonchev–Trinajstić information content (AvgIpc) is 3.40. The van der Waals surface area contributed by atoms with Crippen molar-refractivity contribution in [1.82, 2.24) is 24.7 Å². The van der Waals surface area contributed by atoms with Crippen molar-refractivity contribution in [2.24, 2.45) is 4.99 Å². The van der Waals surface area contributed by atoms with Gasteiger partial charge in [-0.1, -0.05) is 68.2 Å². The highest BCUT2D eigenvalue weighted by Crippen LogP contribution is 2.45. The number of amidine groups is 1. The maximum Gasteiger partial charge on any atom is 0.326 e. The van der Waals surface area contributed by atoms with Crippen LogP contribution in [0.25, 0.3) is 0 Å². The monoisotopic (exact) mass is 686 g/mol. The molecule has 0 aliphatic carbocycles. The van der Waals surface area contributed by atoms with Crippen LogP contribution in [0.2, 0.25) is 10.0 Å². The Morgan fingerprint density at radius 3 is 2.09 bits per heavy atom. The Morgan fingerprint density at radius 2 is 1.54 bits per heavy atom. The van der Waals surface area contributed by atoms with Crippen LogP contribution in [0.4, 0.5) is 4.79 Å². The normalized spacial score (nSPS) is 19.3. The number of aliphatic imine (C=N–C) groups is 1. The Bertz CT molecular complexity index is 1690. The molecule has 246 valence electrons. The SMILES string of the molecule is CCOc1nc(C(C)(C)C)ncc1C1=N[C@H](c2ccc(Cl)cc2)[C@H](c2ccc(Cl)cc2)N1C(=O)N1CCN(CCS(C)(=O)=O)CC1. The van der Waals surface area contributed by atoms with Gasteiger partial charge < -0.3 is 9.64 Å². The summed E-state index contributed by atoms with van der Waals surface area (Å²) in [4.78, 5) is 35.0. The first-order chi connectivity index (χ1) is 21.7. The third-order valence-corrected chi connectivity index (χ3v) is 9.49. The summed E-state index contributed by atoms with van der Waals surface area (Å²) in [6.45, 7) is 10.8. The Labute approximate surface area is 281 Å². The van der Waals surface area contributed by atoms with Gasteiger partial charge in [-0.2, -0.15) is 4.98 Å². The van der Waals surface area contributed by atoms with Gasteiger partial charge in [0, 0.05) is 60.6 Å². The number of benzene rings is 2. The number of carbonyl (C=O) groups excluding carboxylic acids is 1. The zero-order chi connectivity index (χ0) is 33.2. The van der Waals surface area contributed by atoms with Crippen molar-refractivity contribution in [2.45, 2.75) is 45.2 Å². The zero-order valence-corrected chi connectivity index (χ0v) is 29.1. The van der Waals surface area contributed by atoms with E-state index >= 15 is 0 Å². The molecule has 2 aromatic carbocycles. The van der Waals surface area contributed by atoms with E-state index < -0.39 is 21.9 Å². The lowest BCUT2D eigenvalue weighted by molar-refractivity contribution is 0.122. The van der Waals surface area contributed by atoms with Crippen LogP contribution in [0.15, 0.2) is 59.7 Å². The van der Waals surface area contributed by atoms with Gasteiger partial charge in [0.15, 0.2) is 0 Å². The molecule has 0 radical (unpaired) electrons. The number of halogens is 2. The van der Waals surface area contributed by atoms with E-state index in [1.54, 1.807) is 16.0 Å². The van der Waals surface area contributed by atoms with Crippen molar-refractivity contribution < 1.29 is 17.9 Å². The van der Waals surface area contributed by atoms with E-state index in [2.05, 4.69) is 4.90 Å². The smallest absolute Gasteiger partial charge is 0.326 e. The highest BCUT2D eigenvalue weighted by Gasteiger charge is 2.45. The van der Waals surface area contributed by atoms with Crippen molar-refractivity contribution in [1.29, 1.82) is 0 Å². The van der Waals surface area contributed by atoms with Crippen molar-refractivity contribution in [3.63, 3.8) is 0 Å². The van der Waals surface area contributed by atoms with Crippen LogP contribution >= 0.6 is 23.2 Å². The first-order valence-electron chi connectivity index (χ1n) is 15.3. The molecule has 13 heteroatoms. The van der Waals surface area contributed by atoms with Gasteiger partial charge >= 0.3 is 6.03 Å². The number of sulfone groups is 1. The second-order valence-corrected chi connectivity index (χ2v) is 15.8. The lowest BCUT2D eigenvalue weighted by atomic mass is 9.93. The van der Waals surface area contributed by atoms with Crippen LogP contribution in [-0.2, 0) is 15.3 Å². The van der Waals surface area contributed by atoms with Gasteiger partial charge in [0.25, 0.3) is 0 Å². The summed E-state index contributed by atoms with van der Waals surface area (Å²) >= 11 is 12.6. The van der Waals surface area contributed by atoms with Crippen molar-refractivity contribution >= 4 is 44.9 Å². The van der Waals surface area contributed by atoms with Gasteiger partial charge in [0.1, 0.15) is 27.5 Å². The molecule has 2 atom stereocenters. The summed E-state index contributed by atoms with van der Waals surface area (Å²) < 4.78 is 29.6. The number of hydrogen-bond donors (Lipinski definition) is 0. The summed E-state index contributed by atoms with van der Waals surface area (Å²) in [5, 5.41) is 1.18. The molecular formula is C33H40Cl2N6O4S. The standard InChI is InChI=1S/C33H40Cl2N6O4S/c1-6-45-30-26(21-36-31(38-30)33(2,3)4)29-37-27(22-7-11-24(34)12-8-22)28(23-9-13-25(35)14-10-23)41(29)32(42)40-17-15-39(16-18-40)19-20-46(5,43)44/h7-14,21,27-28H,6,15-20H2,1-5H3/t27-,28+/m1/s1. The maximum atomic E-state index is 14.7. The van der Waals surface area contributed by atoms with Crippen molar-refractivity contribution in [3.8, 4) is 5.88 Å². The summed E-state index contributed by atoms with van der Waals surface area (Å²) in [5.41, 5.74) is 1.93. The molecule has 1 saturated heterocycles. The molecule has 2 aliphatic rings. The van der Waals surface area contributed by atoms with E-state index in [0.717, 1.165) is 11.1 Å². The Morgan fingerprint density at radius 1 is 0.957 bits per heavy atom. The molecular weight excluding hydrogens is 647 g/mol. The van der Waals surface area contributed by atoms with Crippen molar-refractivity contribution in [2.75, 3.05) is 51.3 Å². The molecule has 0 bridgehead atoms. The van der Waals surface area contributed by atoms with Crippen LogP contribution in [0.5, 0.6) is 5.88 Å². The number of hydrogen-bond acceptors (Lipinski definition) is 8. The fourth-order valence-electron chi connectivity index (χ4n) is 5.59. The van der Waals surface area contributed by atoms with Crippen LogP contribution in [0.1, 0.15) is 62.3 Å². The number of urea groups is 1. The largest absolute Gasteiger partial charge is 0.477 e. The fourth-order valence-corrected chi connectivity index (χ4v) is 6.43. The van der Waals surface area contributed by atoms with Crippen LogP contribution in [-0.4, -0.2) is 96.3 Å². The van der Waals surface area contributed by atoms with Gasteiger partial charge in [-0.25, -0.2) is 18.2 Å². The number of nitrogens with zero attached hydrogens (tertiary/aromatic N) is 6. The van der Waals surface area contributed by atoms with Gasteiger partial charge in [-0.15, -0.1) is 0 Å². The third kappa shape index (κ3) is 7.82. The minimum absolute atomic E-state index is 0.0794. The molecule has 3 heterocycles. The Hall–Kier alpha value is -3.25. The van der Waals surface area contributed by atoms with E-state index in [-0.39, 0.29) is 17.2 Å². The van der Waals surface area contributed by atoms with Crippen LogP contribution in [0, 0.1) is 0 Å². The maximum absolute atomic E-state index is 14.7. The van der Waals surface area contributed by atoms with E-state index in [4.69, 9.17) is 42.9 Å². The minimum atomic E-state index is -3.09. The predicted molar refractivity (Wildman–Crippen MR) is 182 cm³/mol. The highest BCUT2D eigenvalue weighted by atomic mass is 35.5. The lowest BCUT2D eigenvalue weighted by Gasteiger charge is -2.39. The molecule has 46 heavy (non-hydrogen) atoms. The quantitative estimate of drug-likeness (QED) is 0.294. The number of rotatable bonds is 8. The molecule has 10 nitrogen and oxygen atoms in total. The molecule has 1 fully saturated rings. The number of aromatic nitrogens is 2. The number of carbonyl (C=O) groups is 1. The second kappa shape index (κ2) is 13.9. The number of amides is 2. The summed E-state index contributed by atoms with van der Waals surface area (Å²) in [6.07, 6.45) is 2.94. The summed E-state index contributed by atoms with van der Waals surface area (Å²) in [7, 11) is -3.09. The summed E-state index contributed by atoms with van der Waals surface area (Å²) in [5.74, 6) is 1.46. The zero-order valence-electron chi connectivity index (χ0n) is 26.8. The molecule has 3 aromatic rings. The second-order valence-electron chi connectivity index (χ2n) is 12.7. The van der Waals surface area contributed by atoms with Gasteiger partial charge in [0.05, 0.1) is 24.0 Å². The predicted octanol–water partition coefficient (Wildman–Crippen LogP) is 5.81. The van der Waals surface area contributed by atoms with Crippen molar-refractivity contribution in [3.05, 3.63) is 87.3 Å². The topological polar surface area (TPSA) is 108 Å². The van der Waals surface area contributed by atoms with E-state index in [1.807, 2.05) is 76.2 Å². The summed E-state index contributed by atoms with van der Waals surface area (Å²) in [6, 6.07) is 13.7. The van der Waals surface area contributed by atoms with Crippen LogP contribution in [0.3, 0.4) is 0 Å². The lowest BCUT2D eigenvalue weighted by Crippen LogP contribution is -2.54. The fraction of sp³-hybridized carbons (Fsp3) is 0.455. The van der Waals surface area contributed by atoms with E-state index in [0.29, 0.717) is 72.5 Å². The highest BCUT2D eigenvalue weighted by molar-refractivity contribution is 7.90. The molecule has 2 amide bonds. The molecule has 0 N–H and O–H groups in total. The van der Waals surface area contributed by atoms with Crippen LogP contribution < -0.4 is 4.74 Å². The minimum Gasteiger partial charge on any atom is -0.477 e. The first-order valence-corrected chi connectivity index (χ1v) is 18.1. The Balaban J connectivity index is 1.60. The first kappa shape index (κ1) is 34.1. The number of ether oxygens (including phenoxy) is 1. The Kier molecular flexibility index (Phi) is 10.3. The van der Waals surface area contributed by atoms with Gasteiger partial charge in [-0.3, -0.25) is 14.8 Å². The molecule has 0 spiro atoms. The third-order valence-electron chi connectivity index (χ3n) is 8.06. The molecule has 0 unspecified atom stereocenters.